The van der Waals surface area contributed by atoms with E-state index in [1.54, 1.807) is 4.90 Å². The molecule has 2 amide bonds. The number of thiophene rings is 1. The van der Waals surface area contributed by atoms with Gasteiger partial charge in [-0.3, -0.25) is 9.69 Å². The molecule has 4 rings (SSSR count). The Bertz CT molecular complexity index is 1080. The number of rotatable bonds is 6. The molecule has 8 nitrogen and oxygen atoms in total. The zero-order valence-corrected chi connectivity index (χ0v) is 19.5. The number of aromatic nitrogens is 2. The summed E-state index contributed by atoms with van der Waals surface area (Å²) in [5.74, 6) is 0.878. The van der Waals surface area contributed by atoms with Gasteiger partial charge in [-0.1, -0.05) is 6.07 Å². The van der Waals surface area contributed by atoms with Crippen molar-refractivity contribution in [2.45, 2.75) is 33.4 Å². The van der Waals surface area contributed by atoms with E-state index in [2.05, 4.69) is 28.6 Å². The minimum atomic E-state index is -0.237. The number of nitrogens with one attached hydrogen (secondary N) is 1. The maximum Gasteiger partial charge on any atom is 0.409 e. The highest BCUT2D eigenvalue weighted by atomic mass is 32.1. The van der Waals surface area contributed by atoms with E-state index in [4.69, 9.17) is 9.72 Å². The van der Waals surface area contributed by atoms with Crippen LogP contribution < -0.4 is 5.32 Å². The van der Waals surface area contributed by atoms with Crippen LogP contribution in [0.3, 0.4) is 0 Å². The third-order valence-corrected chi connectivity index (χ3v) is 6.41. The number of anilines is 1. The number of hydrogen-bond donors (Lipinski definition) is 1. The molecule has 0 atom stereocenters. The molecule has 9 heteroatoms. The Morgan fingerprint density at radius 3 is 2.62 bits per heavy atom. The Hall–Kier alpha value is -2.91. The van der Waals surface area contributed by atoms with Gasteiger partial charge in [-0.25, -0.2) is 9.78 Å². The minimum Gasteiger partial charge on any atom is -0.450 e. The first-order chi connectivity index (χ1) is 15.5. The lowest BCUT2D eigenvalue weighted by Gasteiger charge is -2.34. The van der Waals surface area contributed by atoms with Crippen LogP contribution in [0.25, 0.3) is 11.0 Å². The largest absolute Gasteiger partial charge is 0.450 e. The molecule has 32 heavy (non-hydrogen) atoms. The van der Waals surface area contributed by atoms with E-state index in [0.717, 1.165) is 35.6 Å². The number of nitrogens with zero attached hydrogens (tertiary/aromatic N) is 4. The summed E-state index contributed by atoms with van der Waals surface area (Å²) in [5.41, 5.74) is 2.65. The second kappa shape index (κ2) is 9.70. The van der Waals surface area contributed by atoms with E-state index >= 15 is 0 Å². The molecular formula is C23H29N5O3S. The summed E-state index contributed by atoms with van der Waals surface area (Å²) in [4.78, 5) is 34.0. The first-order valence-electron chi connectivity index (χ1n) is 11.0. The lowest BCUT2D eigenvalue weighted by Crippen LogP contribution is -2.48. The molecule has 1 saturated heterocycles. The van der Waals surface area contributed by atoms with E-state index in [9.17, 15) is 9.59 Å². The van der Waals surface area contributed by atoms with Crippen LogP contribution in [0.2, 0.25) is 0 Å². The molecule has 1 aromatic carbocycles. The first kappa shape index (κ1) is 22.3. The van der Waals surface area contributed by atoms with Crippen molar-refractivity contribution in [2.24, 2.45) is 0 Å². The van der Waals surface area contributed by atoms with Gasteiger partial charge in [0.25, 0.3) is 5.91 Å². The van der Waals surface area contributed by atoms with Crippen LogP contribution in [0.1, 0.15) is 42.3 Å². The fourth-order valence-corrected chi connectivity index (χ4v) is 4.64. The van der Waals surface area contributed by atoms with Gasteiger partial charge in [0.15, 0.2) is 0 Å². The Morgan fingerprint density at radius 2 is 1.97 bits per heavy atom. The second-order valence-electron chi connectivity index (χ2n) is 8.09. The molecule has 3 aromatic rings. The van der Waals surface area contributed by atoms with Gasteiger partial charge in [-0.05, 0) is 50.4 Å². The van der Waals surface area contributed by atoms with Crippen LogP contribution in [0, 0.1) is 0 Å². The number of amides is 2. The van der Waals surface area contributed by atoms with Crippen molar-refractivity contribution in [2.75, 3.05) is 38.1 Å². The van der Waals surface area contributed by atoms with Gasteiger partial charge in [0, 0.05) is 37.9 Å². The molecule has 0 spiro atoms. The predicted molar refractivity (Wildman–Crippen MR) is 126 cm³/mol. The van der Waals surface area contributed by atoms with E-state index in [1.807, 2.05) is 42.6 Å². The maximum absolute atomic E-state index is 12.4. The summed E-state index contributed by atoms with van der Waals surface area (Å²) in [6.45, 7) is 10.1. The van der Waals surface area contributed by atoms with E-state index in [1.165, 1.54) is 11.3 Å². The number of hydrogen-bond acceptors (Lipinski definition) is 6. The van der Waals surface area contributed by atoms with E-state index < -0.39 is 0 Å². The quantitative estimate of drug-likeness (QED) is 0.602. The molecule has 0 bridgehead atoms. The SMILES string of the molecule is CCOC(=O)N1CCN(Cc2nc3cc(NC(=O)c4cccs4)ccc3n2C(C)C)CC1. The summed E-state index contributed by atoms with van der Waals surface area (Å²) < 4.78 is 7.36. The monoisotopic (exact) mass is 455 g/mol. The van der Waals surface area contributed by atoms with Crippen molar-refractivity contribution in [3.8, 4) is 0 Å². The van der Waals surface area contributed by atoms with Crippen LogP contribution >= 0.6 is 11.3 Å². The Balaban J connectivity index is 1.49. The van der Waals surface area contributed by atoms with Crippen LogP contribution in [-0.2, 0) is 11.3 Å². The number of imidazole rings is 1. The number of carbonyl (C=O) groups excluding carboxylic acids is 2. The first-order valence-corrected chi connectivity index (χ1v) is 11.8. The minimum absolute atomic E-state index is 0.109. The maximum atomic E-state index is 12.4. The van der Waals surface area contributed by atoms with Gasteiger partial charge in [0.2, 0.25) is 0 Å². The number of carbonyl (C=O) groups is 2. The average molecular weight is 456 g/mol. The fourth-order valence-electron chi connectivity index (χ4n) is 4.02. The highest BCUT2D eigenvalue weighted by molar-refractivity contribution is 7.12. The van der Waals surface area contributed by atoms with Crippen molar-refractivity contribution in [3.63, 3.8) is 0 Å². The molecule has 1 aliphatic heterocycles. The average Bonchev–Trinajstić information content (AvgIpc) is 3.42. The van der Waals surface area contributed by atoms with Crippen LogP contribution in [0.5, 0.6) is 0 Å². The number of piperazine rings is 1. The highest BCUT2D eigenvalue weighted by Crippen LogP contribution is 2.26. The third kappa shape index (κ3) is 4.78. The highest BCUT2D eigenvalue weighted by Gasteiger charge is 2.24. The van der Waals surface area contributed by atoms with Crippen molar-refractivity contribution >= 4 is 40.1 Å². The molecule has 1 aliphatic rings. The summed E-state index contributed by atoms with van der Waals surface area (Å²) in [7, 11) is 0. The molecule has 170 valence electrons. The van der Waals surface area contributed by atoms with Gasteiger partial charge < -0.3 is 19.5 Å². The molecule has 0 radical (unpaired) electrons. The molecule has 3 heterocycles. The summed E-state index contributed by atoms with van der Waals surface area (Å²) >= 11 is 1.42. The van der Waals surface area contributed by atoms with Crippen molar-refractivity contribution in [1.82, 2.24) is 19.4 Å². The summed E-state index contributed by atoms with van der Waals surface area (Å²) in [6, 6.07) is 9.81. The zero-order valence-electron chi connectivity index (χ0n) is 18.7. The molecule has 0 aliphatic carbocycles. The molecule has 1 fully saturated rings. The summed E-state index contributed by atoms with van der Waals surface area (Å²) in [5, 5.41) is 4.85. The van der Waals surface area contributed by atoms with Gasteiger partial charge in [-0.15, -0.1) is 11.3 Å². The van der Waals surface area contributed by atoms with Crippen LogP contribution in [-0.4, -0.2) is 64.1 Å². The zero-order chi connectivity index (χ0) is 22.7. The molecule has 0 saturated carbocycles. The lowest BCUT2D eigenvalue weighted by atomic mass is 10.2. The van der Waals surface area contributed by atoms with Gasteiger partial charge in [-0.2, -0.15) is 0 Å². The van der Waals surface area contributed by atoms with Gasteiger partial charge >= 0.3 is 6.09 Å². The molecule has 0 unspecified atom stereocenters. The Morgan fingerprint density at radius 1 is 1.19 bits per heavy atom. The topological polar surface area (TPSA) is 79.7 Å². The van der Waals surface area contributed by atoms with Crippen molar-refractivity contribution in [1.29, 1.82) is 0 Å². The fraction of sp³-hybridized carbons (Fsp3) is 0.435. The molecule has 2 aromatic heterocycles. The van der Waals surface area contributed by atoms with E-state index in [-0.39, 0.29) is 18.0 Å². The van der Waals surface area contributed by atoms with Crippen LogP contribution in [0.15, 0.2) is 35.7 Å². The standard InChI is InChI=1S/C23H29N5O3S/c1-4-31-23(30)27-11-9-26(10-12-27)15-21-25-18-14-17(7-8-19(18)28(21)16(2)3)24-22(29)20-6-5-13-32-20/h5-8,13-14,16H,4,9-12,15H2,1-3H3,(H,24,29). The Kier molecular flexibility index (Phi) is 6.76. The van der Waals surface area contributed by atoms with E-state index in [0.29, 0.717) is 31.1 Å². The second-order valence-corrected chi connectivity index (χ2v) is 9.04. The molecule has 1 N–H and O–H groups in total. The number of ether oxygens (including phenoxy) is 1. The molecular weight excluding hydrogens is 426 g/mol. The van der Waals surface area contributed by atoms with Crippen molar-refractivity contribution in [3.05, 3.63) is 46.4 Å². The number of benzene rings is 1. The third-order valence-electron chi connectivity index (χ3n) is 5.55. The lowest BCUT2D eigenvalue weighted by molar-refractivity contribution is 0.0768. The normalized spacial score (nSPS) is 14.8. The number of fused-ring (bicyclic) bond motifs is 1. The summed E-state index contributed by atoms with van der Waals surface area (Å²) in [6.07, 6.45) is -0.237. The van der Waals surface area contributed by atoms with Gasteiger partial charge in [0.1, 0.15) is 5.82 Å². The predicted octanol–water partition coefficient (Wildman–Crippen LogP) is 4.21. The van der Waals surface area contributed by atoms with Gasteiger partial charge in [0.05, 0.1) is 29.1 Å². The van der Waals surface area contributed by atoms with Crippen LogP contribution in [0.4, 0.5) is 10.5 Å². The van der Waals surface area contributed by atoms with Crippen molar-refractivity contribution < 1.29 is 14.3 Å². The Labute approximate surface area is 191 Å². The smallest absolute Gasteiger partial charge is 0.409 e.